The lowest BCUT2D eigenvalue weighted by Gasteiger charge is -2.16. The molecule has 1 atom stereocenters. The number of phenols is 1. The maximum absolute atomic E-state index is 12.8. The number of aromatic hydroxyl groups is 1. The van der Waals surface area contributed by atoms with E-state index in [-0.39, 0.29) is 24.6 Å². The van der Waals surface area contributed by atoms with E-state index in [0.717, 1.165) is 0 Å². The molecule has 0 aliphatic carbocycles. The topological polar surface area (TPSA) is 98.6 Å². The highest BCUT2D eigenvalue weighted by Gasteiger charge is 2.19. The van der Waals surface area contributed by atoms with Crippen molar-refractivity contribution in [1.29, 1.82) is 0 Å². The van der Waals surface area contributed by atoms with Crippen LogP contribution in [0, 0.1) is 0 Å². The lowest BCUT2D eigenvalue weighted by molar-refractivity contribution is 0.0942. The predicted octanol–water partition coefficient (Wildman–Crippen LogP) is 3.42. The maximum atomic E-state index is 12.8. The smallest absolute Gasteiger partial charge is 0.255 e. The van der Waals surface area contributed by atoms with Crippen molar-refractivity contribution in [2.45, 2.75) is 12.5 Å². The summed E-state index contributed by atoms with van der Waals surface area (Å²) in [6.07, 6.45) is 0.947. The van der Waals surface area contributed by atoms with Crippen molar-refractivity contribution in [2.75, 3.05) is 25.5 Å². The number of carbonyl (C=O) groups is 1. The highest BCUT2D eigenvalue weighted by Crippen LogP contribution is 2.29. The van der Waals surface area contributed by atoms with Gasteiger partial charge in [-0.2, -0.15) is 0 Å². The first-order valence-electron chi connectivity index (χ1n) is 9.41. The minimum Gasteiger partial charge on any atom is -0.508 e. The van der Waals surface area contributed by atoms with Crippen molar-refractivity contribution in [1.82, 2.24) is 15.3 Å². The van der Waals surface area contributed by atoms with E-state index in [1.807, 2.05) is 26.2 Å². The van der Waals surface area contributed by atoms with E-state index in [0.29, 0.717) is 33.4 Å². The zero-order valence-electron chi connectivity index (χ0n) is 16.7. The molecule has 3 aromatic rings. The lowest BCUT2D eigenvalue weighted by Crippen LogP contribution is -2.27. The van der Waals surface area contributed by atoms with Gasteiger partial charge in [0.1, 0.15) is 5.75 Å². The molecule has 3 N–H and O–H groups in total. The van der Waals surface area contributed by atoms with Gasteiger partial charge >= 0.3 is 0 Å². The normalized spacial score (nSPS) is 11.7. The molecule has 1 amide bonds. The van der Waals surface area contributed by atoms with Gasteiger partial charge < -0.3 is 20.4 Å². The highest BCUT2D eigenvalue weighted by atomic mass is 35.5. The van der Waals surface area contributed by atoms with Gasteiger partial charge in [0.05, 0.1) is 17.4 Å². The lowest BCUT2D eigenvalue weighted by atomic mass is 10.1. The average molecular weight is 427 g/mol. The number of carbonyl (C=O) groups excluding carboxylic acids is 1. The summed E-state index contributed by atoms with van der Waals surface area (Å²) >= 11 is 6.33. The second kappa shape index (κ2) is 9.56. The summed E-state index contributed by atoms with van der Waals surface area (Å²) in [6.45, 7) is 0.229. The van der Waals surface area contributed by atoms with Gasteiger partial charge in [0.2, 0.25) is 5.95 Å². The number of rotatable bonds is 7. The Bertz CT molecular complexity index is 1040. The Hall–Kier alpha value is -3.16. The number of anilines is 1. The summed E-state index contributed by atoms with van der Waals surface area (Å²) in [5.41, 5.74) is 1.94. The van der Waals surface area contributed by atoms with Crippen molar-refractivity contribution >= 4 is 23.5 Å². The molecule has 0 bridgehead atoms. The molecule has 0 aliphatic rings. The number of halogens is 1. The van der Waals surface area contributed by atoms with E-state index < -0.39 is 6.10 Å². The van der Waals surface area contributed by atoms with Crippen LogP contribution in [-0.4, -0.2) is 46.7 Å². The summed E-state index contributed by atoms with van der Waals surface area (Å²) in [5, 5.41) is 23.1. The Morgan fingerprint density at radius 3 is 2.67 bits per heavy atom. The molecule has 0 saturated carbocycles. The van der Waals surface area contributed by atoms with E-state index in [9.17, 15) is 15.0 Å². The molecule has 0 aliphatic heterocycles. The molecule has 7 nitrogen and oxygen atoms in total. The van der Waals surface area contributed by atoms with Crippen molar-refractivity contribution in [3.05, 3.63) is 70.9 Å². The van der Waals surface area contributed by atoms with Crippen molar-refractivity contribution in [3.8, 4) is 17.0 Å². The third-order valence-corrected chi connectivity index (χ3v) is 4.84. The predicted molar refractivity (Wildman–Crippen MR) is 117 cm³/mol. The summed E-state index contributed by atoms with van der Waals surface area (Å²) in [6, 6.07) is 13.6. The van der Waals surface area contributed by atoms with Gasteiger partial charge in [-0.25, -0.2) is 9.97 Å². The van der Waals surface area contributed by atoms with Crippen LogP contribution in [-0.2, 0) is 0 Å². The van der Waals surface area contributed by atoms with E-state index in [1.165, 1.54) is 18.3 Å². The number of hydrogen-bond acceptors (Lipinski definition) is 6. The van der Waals surface area contributed by atoms with Gasteiger partial charge in [0.15, 0.2) is 0 Å². The molecule has 0 saturated heterocycles. The number of aliphatic hydroxyl groups is 1. The molecular formula is C22H23ClN4O3. The second-order valence-corrected chi connectivity index (χ2v) is 7.37. The van der Waals surface area contributed by atoms with Crippen LogP contribution in [0.3, 0.4) is 0 Å². The van der Waals surface area contributed by atoms with Crippen LogP contribution in [0.5, 0.6) is 5.75 Å². The Morgan fingerprint density at radius 2 is 1.97 bits per heavy atom. The Labute approximate surface area is 180 Å². The Morgan fingerprint density at radius 1 is 1.20 bits per heavy atom. The average Bonchev–Trinajstić information content (AvgIpc) is 2.73. The quantitative estimate of drug-likeness (QED) is 0.535. The van der Waals surface area contributed by atoms with E-state index >= 15 is 0 Å². The van der Waals surface area contributed by atoms with Crippen molar-refractivity contribution in [2.24, 2.45) is 0 Å². The van der Waals surface area contributed by atoms with Gasteiger partial charge in [0.25, 0.3) is 5.91 Å². The van der Waals surface area contributed by atoms with E-state index in [1.54, 1.807) is 29.2 Å². The number of aromatic nitrogens is 2. The molecule has 0 fully saturated rings. The Kier molecular flexibility index (Phi) is 6.87. The van der Waals surface area contributed by atoms with Crippen LogP contribution in [0.25, 0.3) is 11.3 Å². The molecule has 30 heavy (non-hydrogen) atoms. The zero-order valence-corrected chi connectivity index (χ0v) is 17.5. The zero-order chi connectivity index (χ0) is 21.7. The van der Waals surface area contributed by atoms with Crippen LogP contribution >= 0.6 is 11.6 Å². The first-order valence-corrected chi connectivity index (χ1v) is 9.79. The molecule has 3 rings (SSSR count). The van der Waals surface area contributed by atoms with Crippen LogP contribution in [0.15, 0.2) is 54.7 Å². The first-order chi connectivity index (χ1) is 14.4. The number of hydrogen-bond donors (Lipinski definition) is 3. The molecule has 0 radical (unpaired) electrons. The second-order valence-electron chi connectivity index (χ2n) is 6.96. The highest BCUT2D eigenvalue weighted by molar-refractivity contribution is 6.33. The number of nitrogens with zero attached hydrogens (tertiary/aromatic N) is 3. The molecule has 156 valence electrons. The molecule has 2 aromatic carbocycles. The SMILES string of the molecule is CN(C)c1ncc(C(=O)NCCC(O)c2cccc(O)c2)c(-c2ccccc2Cl)n1. The van der Waals surface area contributed by atoms with Crippen molar-refractivity contribution in [3.63, 3.8) is 0 Å². The summed E-state index contributed by atoms with van der Waals surface area (Å²) in [7, 11) is 3.63. The minimum atomic E-state index is -0.812. The number of phenolic OH excluding ortho intramolecular Hbond substituents is 1. The number of nitrogens with one attached hydrogen (secondary N) is 1. The monoisotopic (exact) mass is 426 g/mol. The maximum Gasteiger partial charge on any atom is 0.255 e. The molecule has 1 unspecified atom stereocenters. The molecular weight excluding hydrogens is 404 g/mol. The fourth-order valence-corrected chi connectivity index (χ4v) is 3.15. The fraction of sp³-hybridized carbons (Fsp3) is 0.227. The van der Waals surface area contributed by atoms with E-state index in [2.05, 4.69) is 15.3 Å². The largest absolute Gasteiger partial charge is 0.508 e. The van der Waals surface area contributed by atoms with Gasteiger partial charge in [-0.1, -0.05) is 41.9 Å². The molecule has 1 heterocycles. The third-order valence-electron chi connectivity index (χ3n) is 4.51. The van der Waals surface area contributed by atoms with Gasteiger partial charge in [0, 0.05) is 37.4 Å². The molecule has 1 aromatic heterocycles. The number of benzene rings is 2. The first kappa shape index (κ1) is 21.5. The Balaban J connectivity index is 1.77. The van der Waals surface area contributed by atoms with Gasteiger partial charge in [-0.3, -0.25) is 4.79 Å². The van der Waals surface area contributed by atoms with Crippen molar-refractivity contribution < 1.29 is 15.0 Å². The van der Waals surface area contributed by atoms with Crippen LogP contribution in [0.4, 0.5) is 5.95 Å². The summed E-state index contributed by atoms with van der Waals surface area (Å²) < 4.78 is 0. The fourth-order valence-electron chi connectivity index (χ4n) is 2.93. The molecule has 0 spiro atoms. The standard InChI is InChI=1S/C22H23ClN4O3/c1-27(2)22-25-13-17(20(26-22)16-8-3-4-9-18(16)23)21(30)24-11-10-19(29)14-6-5-7-15(28)12-14/h3-9,12-13,19,28-29H,10-11H2,1-2H3,(H,24,30). The van der Waals surface area contributed by atoms with Gasteiger partial charge in [-0.15, -0.1) is 0 Å². The summed E-state index contributed by atoms with van der Waals surface area (Å²) in [5.74, 6) is 0.178. The van der Waals surface area contributed by atoms with Crippen LogP contribution in [0.2, 0.25) is 5.02 Å². The van der Waals surface area contributed by atoms with Crippen LogP contribution in [0.1, 0.15) is 28.4 Å². The van der Waals surface area contributed by atoms with E-state index in [4.69, 9.17) is 11.6 Å². The third kappa shape index (κ3) is 5.06. The molecule has 8 heteroatoms. The summed E-state index contributed by atoms with van der Waals surface area (Å²) in [4.78, 5) is 23.3. The van der Waals surface area contributed by atoms with Gasteiger partial charge in [-0.05, 0) is 30.2 Å². The van der Waals surface area contributed by atoms with Crippen LogP contribution < -0.4 is 10.2 Å². The number of amides is 1. The minimum absolute atomic E-state index is 0.0816. The number of aliphatic hydroxyl groups excluding tert-OH is 1.